The molecule has 6 nitrogen and oxygen atoms in total. The van der Waals surface area contributed by atoms with Crippen LogP contribution in [0, 0.1) is 11.3 Å². The summed E-state index contributed by atoms with van der Waals surface area (Å²) in [6.45, 7) is 13.3. The molecule has 0 aromatic heterocycles. The van der Waals surface area contributed by atoms with Gasteiger partial charge in [0.25, 0.3) is 0 Å². The van der Waals surface area contributed by atoms with Gasteiger partial charge in [0, 0.05) is 50.2 Å². The smallest absolute Gasteiger partial charge is 0.410 e. The number of rotatable bonds is 3. The van der Waals surface area contributed by atoms with Gasteiger partial charge < -0.3 is 14.5 Å². The van der Waals surface area contributed by atoms with Crippen LogP contribution in [-0.2, 0) is 14.3 Å². The van der Waals surface area contributed by atoms with Crippen molar-refractivity contribution in [2.45, 2.75) is 66.0 Å². The van der Waals surface area contributed by atoms with Crippen LogP contribution in [0.15, 0.2) is 0 Å². The van der Waals surface area contributed by atoms with Crippen molar-refractivity contribution in [3.63, 3.8) is 0 Å². The summed E-state index contributed by atoms with van der Waals surface area (Å²) in [6, 6.07) is 0.112. The van der Waals surface area contributed by atoms with E-state index < -0.39 is 5.60 Å². The van der Waals surface area contributed by atoms with Gasteiger partial charge in [-0.1, -0.05) is 25.6 Å². The van der Waals surface area contributed by atoms with Crippen LogP contribution in [0.2, 0.25) is 0 Å². The maximum absolute atomic E-state index is 12.5. The molecule has 26 heavy (non-hydrogen) atoms. The van der Waals surface area contributed by atoms with Crippen LogP contribution >= 0.6 is 11.8 Å². The van der Waals surface area contributed by atoms with E-state index in [9.17, 15) is 14.4 Å². The highest BCUT2D eigenvalue weighted by molar-refractivity contribution is 8.13. The molecule has 0 radical (unpaired) electrons. The molecular formula is C19H32N2O4S. The molecule has 0 N–H and O–H groups in total. The van der Waals surface area contributed by atoms with Crippen molar-refractivity contribution in [3.8, 4) is 0 Å². The summed E-state index contributed by atoms with van der Waals surface area (Å²) in [7, 11) is 0. The lowest BCUT2D eigenvalue weighted by Gasteiger charge is -2.47. The fraction of sp³-hybridized carbons (Fsp3) is 0.842. The third-order valence-corrected chi connectivity index (χ3v) is 6.01. The Kier molecular flexibility index (Phi) is 6.31. The lowest BCUT2D eigenvalue weighted by Crippen LogP contribution is -2.57. The minimum Gasteiger partial charge on any atom is -0.444 e. The van der Waals surface area contributed by atoms with Gasteiger partial charge in [0.2, 0.25) is 5.91 Å². The van der Waals surface area contributed by atoms with Crippen molar-refractivity contribution in [2.75, 3.05) is 25.4 Å². The van der Waals surface area contributed by atoms with E-state index in [0.717, 1.165) is 6.42 Å². The third-order valence-electron chi connectivity index (χ3n) is 4.96. The molecule has 0 bridgehead atoms. The zero-order valence-electron chi connectivity index (χ0n) is 16.8. The summed E-state index contributed by atoms with van der Waals surface area (Å²) in [6.07, 6.45) is 0.986. The van der Waals surface area contributed by atoms with Crippen LogP contribution in [0.3, 0.4) is 0 Å². The Morgan fingerprint density at radius 1 is 1.31 bits per heavy atom. The van der Waals surface area contributed by atoms with Crippen molar-refractivity contribution < 1.29 is 19.1 Å². The topological polar surface area (TPSA) is 66.9 Å². The number of hydrogen-bond acceptors (Lipinski definition) is 5. The van der Waals surface area contributed by atoms with E-state index in [2.05, 4.69) is 13.8 Å². The van der Waals surface area contributed by atoms with E-state index in [1.165, 1.54) is 11.8 Å². The van der Waals surface area contributed by atoms with Gasteiger partial charge in [0.05, 0.1) is 0 Å². The number of likely N-dealkylation sites (tertiary alicyclic amines) is 2. The predicted molar refractivity (Wildman–Crippen MR) is 103 cm³/mol. The quantitative estimate of drug-likeness (QED) is 0.748. The van der Waals surface area contributed by atoms with E-state index in [-0.39, 0.29) is 34.5 Å². The van der Waals surface area contributed by atoms with Crippen molar-refractivity contribution in [1.82, 2.24) is 9.80 Å². The molecular weight excluding hydrogens is 352 g/mol. The van der Waals surface area contributed by atoms with Crippen molar-refractivity contribution in [1.29, 1.82) is 0 Å². The van der Waals surface area contributed by atoms with Crippen molar-refractivity contribution in [3.05, 3.63) is 0 Å². The highest BCUT2D eigenvalue weighted by atomic mass is 32.2. The Hall–Kier alpha value is -1.24. The molecule has 0 aromatic rings. The molecule has 0 saturated carbocycles. The molecule has 2 aliphatic rings. The Bertz CT molecular complexity index is 570. The van der Waals surface area contributed by atoms with Gasteiger partial charge >= 0.3 is 6.09 Å². The minimum atomic E-state index is -0.509. The minimum absolute atomic E-state index is 0.0990. The van der Waals surface area contributed by atoms with Crippen LogP contribution in [0.4, 0.5) is 4.79 Å². The van der Waals surface area contributed by atoms with Gasteiger partial charge in [-0.05, 0) is 33.1 Å². The lowest BCUT2D eigenvalue weighted by atomic mass is 9.78. The highest BCUT2D eigenvalue weighted by Crippen LogP contribution is 2.37. The number of carbonyl (C=O) groups is 3. The second kappa shape index (κ2) is 7.79. The van der Waals surface area contributed by atoms with Gasteiger partial charge in [0.1, 0.15) is 5.60 Å². The van der Waals surface area contributed by atoms with Gasteiger partial charge in [-0.3, -0.25) is 9.59 Å². The fourth-order valence-electron chi connectivity index (χ4n) is 3.86. The Labute approximate surface area is 161 Å². The van der Waals surface area contributed by atoms with E-state index in [4.69, 9.17) is 4.74 Å². The fourth-order valence-corrected chi connectivity index (χ4v) is 4.56. The van der Waals surface area contributed by atoms with Crippen LogP contribution in [0.1, 0.15) is 54.4 Å². The SMILES string of the molecule is CC(=O)SCC1CC(=O)N(C2CCN(C(=O)OC(C)(C)C)CC2(C)C)C1. The second-order valence-electron chi connectivity index (χ2n) is 9.11. The average Bonchev–Trinajstić information content (AvgIpc) is 2.83. The van der Waals surface area contributed by atoms with Crippen molar-refractivity contribution in [2.24, 2.45) is 11.3 Å². The van der Waals surface area contributed by atoms with Gasteiger partial charge in [0.15, 0.2) is 5.12 Å². The summed E-state index contributed by atoms with van der Waals surface area (Å²) >= 11 is 1.30. The van der Waals surface area contributed by atoms with Crippen LogP contribution in [0.5, 0.6) is 0 Å². The zero-order chi connectivity index (χ0) is 19.7. The van der Waals surface area contributed by atoms with Crippen LogP contribution in [0.25, 0.3) is 0 Å². The predicted octanol–water partition coefficient (Wildman–Crippen LogP) is 3.15. The third kappa shape index (κ3) is 5.38. The molecule has 2 unspecified atom stereocenters. The van der Waals surface area contributed by atoms with Gasteiger partial charge in [-0.15, -0.1) is 0 Å². The Balaban J connectivity index is 1.99. The van der Waals surface area contributed by atoms with Gasteiger partial charge in [-0.25, -0.2) is 4.79 Å². The maximum atomic E-state index is 12.5. The number of amides is 2. The van der Waals surface area contributed by atoms with Crippen LogP contribution < -0.4 is 0 Å². The molecule has 2 amide bonds. The molecule has 0 aromatic carbocycles. The molecule has 2 saturated heterocycles. The Morgan fingerprint density at radius 2 is 1.96 bits per heavy atom. The first kappa shape index (κ1) is 21.1. The normalized spacial score (nSPS) is 26.2. The van der Waals surface area contributed by atoms with Crippen LogP contribution in [-0.4, -0.2) is 63.9 Å². The van der Waals surface area contributed by atoms with Gasteiger partial charge in [-0.2, -0.15) is 0 Å². The Morgan fingerprint density at radius 3 is 2.50 bits per heavy atom. The average molecular weight is 385 g/mol. The van der Waals surface area contributed by atoms with E-state index in [0.29, 0.717) is 31.8 Å². The second-order valence-corrected chi connectivity index (χ2v) is 10.3. The molecule has 2 atom stereocenters. The summed E-state index contributed by atoms with van der Waals surface area (Å²) < 4.78 is 5.50. The molecule has 2 aliphatic heterocycles. The highest BCUT2D eigenvalue weighted by Gasteiger charge is 2.45. The summed E-state index contributed by atoms with van der Waals surface area (Å²) in [5, 5.41) is 0.0990. The first-order valence-electron chi connectivity index (χ1n) is 9.30. The summed E-state index contributed by atoms with van der Waals surface area (Å²) in [5.41, 5.74) is -0.710. The number of ether oxygens (including phenoxy) is 1. The van der Waals surface area contributed by atoms with E-state index in [1.54, 1.807) is 11.8 Å². The molecule has 148 valence electrons. The largest absolute Gasteiger partial charge is 0.444 e. The number of carbonyl (C=O) groups excluding carboxylic acids is 3. The van der Waals surface area contributed by atoms with E-state index >= 15 is 0 Å². The number of hydrogen-bond donors (Lipinski definition) is 0. The molecule has 2 heterocycles. The summed E-state index contributed by atoms with van der Waals surface area (Å²) in [4.78, 5) is 39.9. The first-order chi connectivity index (χ1) is 11.9. The number of thioether (sulfide) groups is 1. The lowest BCUT2D eigenvalue weighted by molar-refractivity contribution is -0.133. The standard InChI is InChI=1S/C19H32N2O4S/c1-13(22)26-11-14-9-16(23)21(10-14)15-7-8-20(12-19(15,5)6)17(24)25-18(2,3)4/h14-15H,7-12H2,1-6H3. The molecule has 2 fully saturated rings. The van der Waals surface area contributed by atoms with Crippen molar-refractivity contribution >= 4 is 28.9 Å². The number of nitrogens with zero attached hydrogens (tertiary/aromatic N) is 2. The maximum Gasteiger partial charge on any atom is 0.410 e. The summed E-state index contributed by atoms with van der Waals surface area (Å²) in [5.74, 6) is 1.11. The first-order valence-corrected chi connectivity index (χ1v) is 10.3. The molecule has 2 rings (SSSR count). The zero-order valence-corrected chi connectivity index (χ0v) is 17.6. The number of piperidine rings is 1. The molecule has 0 spiro atoms. The molecule has 0 aliphatic carbocycles. The molecule has 7 heteroatoms. The monoisotopic (exact) mass is 384 g/mol. The van der Waals surface area contributed by atoms with E-state index in [1.807, 2.05) is 25.7 Å².